The lowest BCUT2D eigenvalue weighted by Crippen LogP contribution is -2.37. The van der Waals surface area contributed by atoms with Gasteiger partial charge >= 0.3 is 0 Å². The minimum absolute atomic E-state index is 0.0995. The average molecular weight is 475 g/mol. The van der Waals surface area contributed by atoms with Crippen LogP contribution in [0, 0.1) is 0 Å². The topological polar surface area (TPSA) is 69.6 Å². The lowest BCUT2D eigenvalue weighted by molar-refractivity contribution is -0.118. The first-order valence-electron chi connectivity index (χ1n) is 7.83. The van der Waals surface area contributed by atoms with E-state index in [9.17, 15) is 15.0 Å². The van der Waals surface area contributed by atoms with Crippen LogP contribution in [0.5, 0.6) is 11.5 Å². The SMILES string of the molecule is O=C1Nc2ccccc2C1(c1ccc(O)c(Br)c1)c1ccc(O)c(Br)c1. The number of halogens is 2. The predicted octanol–water partition coefficient (Wildman–Crippen LogP) is 4.91. The number of nitrogens with one attached hydrogen (secondary N) is 1. The van der Waals surface area contributed by atoms with Crippen LogP contribution in [0.25, 0.3) is 0 Å². The number of carbonyl (C=O) groups is 1. The maximum atomic E-state index is 13.3. The molecular formula is C20H13Br2NO3. The van der Waals surface area contributed by atoms with Gasteiger partial charge in [0.2, 0.25) is 5.91 Å². The number of rotatable bonds is 2. The highest BCUT2D eigenvalue weighted by atomic mass is 79.9. The molecular weight excluding hydrogens is 462 g/mol. The monoisotopic (exact) mass is 473 g/mol. The minimum Gasteiger partial charge on any atom is -0.507 e. The number of benzene rings is 3. The first-order chi connectivity index (χ1) is 12.4. The van der Waals surface area contributed by atoms with E-state index >= 15 is 0 Å². The zero-order valence-electron chi connectivity index (χ0n) is 13.3. The van der Waals surface area contributed by atoms with Crippen LogP contribution >= 0.6 is 31.9 Å². The molecule has 0 unspecified atom stereocenters. The highest BCUT2D eigenvalue weighted by Gasteiger charge is 2.50. The molecule has 3 aromatic rings. The smallest absolute Gasteiger partial charge is 0.244 e. The molecule has 0 saturated heterocycles. The molecule has 130 valence electrons. The number of anilines is 1. The van der Waals surface area contributed by atoms with Crippen LogP contribution in [0.4, 0.5) is 5.69 Å². The van der Waals surface area contributed by atoms with Crippen molar-refractivity contribution in [2.75, 3.05) is 5.32 Å². The summed E-state index contributed by atoms with van der Waals surface area (Å²) in [4.78, 5) is 13.3. The second-order valence-electron chi connectivity index (χ2n) is 6.08. The normalized spacial score (nSPS) is 14.8. The third kappa shape index (κ3) is 2.36. The van der Waals surface area contributed by atoms with Gasteiger partial charge in [-0.25, -0.2) is 0 Å². The lowest BCUT2D eigenvalue weighted by Gasteiger charge is -2.29. The Morgan fingerprint density at radius 3 is 1.88 bits per heavy atom. The molecule has 3 N–H and O–H groups in total. The molecule has 26 heavy (non-hydrogen) atoms. The molecule has 0 spiro atoms. The van der Waals surface area contributed by atoms with Crippen LogP contribution in [0.15, 0.2) is 69.6 Å². The fraction of sp³-hybridized carbons (Fsp3) is 0.0500. The molecule has 0 saturated carbocycles. The van der Waals surface area contributed by atoms with Crippen molar-refractivity contribution in [3.63, 3.8) is 0 Å². The molecule has 0 aliphatic carbocycles. The van der Waals surface area contributed by atoms with Crippen molar-refractivity contribution in [1.29, 1.82) is 0 Å². The standard InChI is InChI=1S/C20H13Br2NO3/c21-14-9-11(5-7-17(14)24)20(12-6-8-18(25)15(22)10-12)13-3-1-2-4-16(13)23-19(20)26/h1-10,24-25H,(H,23,26). The number of para-hydroxylation sites is 1. The summed E-state index contributed by atoms with van der Waals surface area (Å²) in [5.41, 5.74) is 1.89. The van der Waals surface area contributed by atoms with Gasteiger partial charge in [-0.15, -0.1) is 0 Å². The number of carbonyl (C=O) groups excluding carboxylic acids is 1. The molecule has 3 aromatic carbocycles. The summed E-state index contributed by atoms with van der Waals surface area (Å²) in [5.74, 6) is 0.0128. The highest BCUT2D eigenvalue weighted by molar-refractivity contribution is 9.10. The maximum Gasteiger partial charge on any atom is 0.244 e. The Hall–Kier alpha value is -2.31. The average Bonchev–Trinajstić information content (AvgIpc) is 2.92. The summed E-state index contributed by atoms with van der Waals surface area (Å²) >= 11 is 6.69. The van der Waals surface area contributed by atoms with E-state index in [-0.39, 0.29) is 17.4 Å². The van der Waals surface area contributed by atoms with Gasteiger partial charge in [-0.3, -0.25) is 4.79 Å². The Bertz CT molecular complexity index is 997. The van der Waals surface area contributed by atoms with Crippen LogP contribution in [0.3, 0.4) is 0 Å². The Morgan fingerprint density at radius 1 is 0.808 bits per heavy atom. The predicted molar refractivity (Wildman–Crippen MR) is 107 cm³/mol. The molecule has 0 aromatic heterocycles. The minimum atomic E-state index is -1.09. The van der Waals surface area contributed by atoms with Gasteiger partial charge in [0.25, 0.3) is 0 Å². The third-order valence-corrected chi connectivity index (χ3v) is 5.95. The molecule has 4 rings (SSSR count). The van der Waals surface area contributed by atoms with Crippen LogP contribution in [0.2, 0.25) is 0 Å². The summed E-state index contributed by atoms with van der Waals surface area (Å²) < 4.78 is 1.01. The number of fused-ring (bicyclic) bond motifs is 1. The zero-order chi connectivity index (χ0) is 18.5. The van der Waals surface area contributed by atoms with Crippen LogP contribution in [-0.2, 0) is 10.2 Å². The summed E-state index contributed by atoms with van der Waals surface area (Å²) in [7, 11) is 0. The van der Waals surface area contributed by atoms with Crippen molar-refractivity contribution in [3.8, 4) is 11.5 Å². The first-order valence-corrected chi connectivity index (χ1v) is 9.42. The fourth-order valence-corrected chi connectivity index (χ4v) is 4.24. The Morgan fingerprint density at radius 2 is 1.35 bits per heavy atom. The van der Waals surface area contributed by atoms with Crippen LogP contribution < -0.4 is 5.32 Å². The van der Waals surface area contributed by atoms with Gasteiger partial charge in [0.15, 0.2) is 0 Å². The van der Waals surface area contributed by atoms with E-state index in [4.69, 9.17) is 0 Å². The number of phenolic OH excluding ortho intramolecular Hbond substituents is 2. The van der Waals surface area contributed by atoms with Gasteiger partial charge in [0.1, 0.15) is 16.9 Å². The van der Waals surface area contributed by atoms with Crippen molar-refractivity contribution in [3.05, 3.63) is 86.3 Å². The number of hydrogen-bond acceptors (Lipinski definition) is 3. The third-order valence-electron chi connectivity index (χ3n) is 4.68. The Labute approximate surface area is 166 Å². The van der Waals surface area contributed by atoms with E-state index in [0.717, 1.165) is 11.3 Å². The van der Waals surface area contributed by atoms with Gasteiger partial charge < -0.3 is 15.5 Å². The quantitative estimate of drug-likeness (QED) is 0.494. The molecule has 4 nitrogen and oxygen atoms in total. The van der Waals surface area contributed by atoms with Gasteiger partial charge in [-0.1, -0.05) is 30.3 Å². The molecule has 1 amide bonds. The summed E-state index contributed by atoms with van der Waals surface area (Å²) in [6, 6.07) is 17.6. The summed E-state index contributed by atoms with van der Waals surface area (Å²) in [6.45, 7) is 0. The molecule has 0 fully saturated rings. The fourth-order valence-electron chi connectivity index (χ4n) is 3.48. The summed E-state index contributed by atoms with van der Waals surface area (Å²) in [6.07, 6.45) is 0. The molecule has 6 heteroatoms. The van der Waals surface area contributed by atoms with Crippen molar-refractivity contribution in [2.45, 2.75) is 5.41 Å². The van der Waals surface area contributed by atoms with Gasteiger partial charge in [-0.05, 0) is 73.3 Å². The first kappa shape index (κ1) is 17.1. The maximum absolute atomic E-state index is 13.3. The largest absolute Gasteiger partial charge is 0.507 e. The number of phenols is 2. The van der Waals surface area contributed by atoms with E-state index in [2.05, 4.69) is 37.2 Å². The van der Waals surface area contributed by atoms with E-state index in [1.54, 1.807) is 36.4 Å². The van der Waals surface area contributed by atoms with Crippen molar-refractivity contribution in [2.24, 2.45) is 0 Å². The lowest BCUT2D eigenvalue weighted by atomic mass is 9.70. The van der Waals surface area contributed by atoms with Crippen LogP contribution in [-0.4, -0.2) is 16.1 Å². The van der Waals surface area contributed by atoms with E-state index in [1.807, 2.05) is 24.3 Å². The van der Waals surface area contributed by atoms with Crippen molar-refractivity contribution < 1.29 is 15.0 Å². The molecule has 1 heterocycles. The van der Waals surface area contributed by atoms with Gasteiger partial charge in [0, 0.05) is 11.3 Å². The molecule has 1 aliphatic rings. The Balaban J connectivity index is 2.09. The number of amides is 1. The molecule has 0 radical (unpaired) electrons. The zero-order valence-corrected chi connectivity index (χ0v) is 16.5. The highest BCUT2D eigenvalue weighted by Crippen LogP contribution is 2.49. The summed E-state index contributed by atoms with van der Waals surface area (Å²) in [5, 5.41) is 22.7. The van der Waals surface area contributed by atoms with Crippen molar-refractivity contribution in [1.82, 2.24) is 0 Å². The van der Waals surface area contributed by atoms with E-state index < -0.39 is 5.41 Å². The molecule has 0 atom stereocenters. The Kier molecular flexibility index (Phi) is 4.04. The molecule has 1 aliphatic heterocycles. The second kappa shape index (κ2) is 6.14. The van der Waals surface area contributed by atoms with Crippen LogP contribution in [0.1, 0.15) is 16.7 Å². The van der Waals surface area contributed by atoms with Gasteiger partial charge in [-0.2, -0.15) is 0 Å². The van der Waals surface area contributed by atoms with E-state index in [0.29, 0.717) is 20.1 Å². The van der Waals surface area contributed by atoms with Gasteiger partial charge in [0.05, 0.1) is 8.95 Å². The second-order valence-corrected chi connectivity index (χ2v) is 7.79. The number of aromatic hydroxyl groups is 2. The number of hydrogen-bond donors (Lipinski definition) is 3. The molecule has 0 bridgehead atoms. The van der Waals surface area contributed by atoms with Crippen molar-refractivity contribution >= 4 is 43.5 Å². The van der Waals surface area contributed by atoms with E-state index in [1.165, 1.54) is 0 Å².